The van der Waals surface area contributed by atoms with Crippen LogP contribution in [0.5, 0.6) is 5.75 Å². The van der Waals surface area contributed by atoms with Crippen molar-refractivity contribution >= 4 is 13.7 Å². The molecule has 1 aromatic carbocycles. The molecule has 1 saturated heterocycles. The van der Waals surface area contributed by atoms with E-state index in [0.29, 0.717) is 0 Å². The summed E-state index contributed by atoms with van der Waals surface area (Å²) < 4.78 is 50.7. The molecule has 6 atom stereocenters. The van der Waals surface area contributed by atoms with Gasteiger partial charge in [-0.05, 0) is 39.8 Å². The first kappa shape index (κ1) is 27.8. The monoisotopic (exact) mass is 529 g/mol. The molecule has 36 heavy (non-hydrogen) atoms. The van der Waals surface area contributed by atoms with E-state index in [1.54, 1.807) is 32.0 Å². The predicted octanol–water partition coefficient (Wildman–Crippen LogP) is 1.57. The zero-order valence-electron chi connectivity index (χ0n) is 20.1. The molecular weight excluding hydrogens is 500 g/mol. The van der Waals surface area contributed by atoms with Crippen molar-refractivity contribution in [3.63, 3.8) is 0 Å². The number of ether oxygens (including phenoxy) is 2. The number of aliphatic hydroxyl groups excluding tert-OH is 1. The lowest BCUT2D eigenvalue weighted by molar-refractivity contribution is -0.149. The summed E-state index contributed by atoms with van der Waals surface area (Å²) in [6.45, 7) is 5.49. The van der Waals surface area contributed by atoms with Gasteiger partial charge in [0.1, 0.15) is 24.0 Å². The van der Waals surface area contributed by atoms with Gasteiger partial charge >= 0.3 is 19.4 Å². The number of carbonyl (C=O) groups excluding carboxylic acids is 1. The third kappa shape index (κ3) is 6.68. The number of benzene rings is 1. The second kappa shape index (κ2) is 11.5. The molecular formula is C22H29FN3O9P. The molecule has 0 saturated carbocycles. The van der Waals surface area contributed by atoms with E-state index in [4.69, 9.17) is 18.5 Å². The van der Waals surface area contributed by atoms with Crippen LogP contribution in [0.4, 0.5) is 4.39 Å². The summed E-state index contributed by atoms with van der Waals surface area (Å²) in [4.78, 5) is 38.0. The molecule has 3 N–H and O–H groups in total. The number of aliphatic hydroxyl groups is 1. The average Bonchev–Trinajstić information content (AvgIpc) is 3.08. The van der Waals surface area contributed by atoms with E-state index >= 15 is 0 Å². The van der Waals surface area contributed by atoms with E-state index in [-0.39, 0.29) is 11.3 Å². The number of hydrogen-bond acceptors (Lipinski definition) is 9. The molecule has 2 aromatic rings. The zero-order chi connectivity index (χ0) is 26.6. The number of H-pyrrole nitrogens is 1. The first-order valence-electron chi connectivity index (χ1n) is 11.2. The standard InChI is InChI=1S/C22H29FN3O9P/c1-12(2)33-21(29)14(4)25-36(31,35-15-8-6-5-7-9-15)32-11-16-18(27)17(23)20(34-16)26-10-13(3)19(28)24-22(26)30/h5-10,12,14,16-18,20,27H,11H2,1-4H3,(H,25,31)(H,24,28,30)/t14-,16-,17?,18+,20-,36+/m0/s1. The third-order valence-corrected chi connectivity index (χ3v) is 6.79. The number of nitrogens with one attached hydrogen (secondary N) is 2. The van der Waals surface area contributed by atoms with Crippen LogP contribution in [0.15, 0.2) is 46.1 Å². The maximum absolute atomic E-state index is 14.9. The van der Waals surface area contributed by atoms with Crippen LogP contribution in [0.25, 0.3) is 0 Å². The van der Waals surface area contributed by atoms with Gasteiger partial charge in [-0.25, -0.2) is 13.8 Å². The van der Waals surface area contributed by atoms with Gasteiger partial charge in [0.25, 0.3) is 5.56 Å². The molecule has 0 radical (unpaired) electrons. The van der Waals surface area contributed by atoms with Crippen molar-refractivity contribution < 1.29 is 37.4 Å². The van der Waals surface area contributed by atoms with E-state index < -0.39 is 68.3 Å². The van der Waals surface area contributed by atoms with Crippen LogP contribution >= 0.6 is 7.75 Å². The summed E-state index contributed by atoms with van der Waals surface area (Å²) >= 11 is 0. The van der Waals surface area contributed by atoms with Crippen molar-refractivity contribution in [2.45, 2.75) is 64.4 Å². The predicted molar refractivity (Wildman–Crippen MR) is 125 cm³/mol. The quantitative estimate of drug-likeness (QED) is 0.305. The third-order valence-electron chi connectivity index (χ3n) is 5.15. The van der Waals surface area contributed by atoms with Crippen molar-refractivity contribution in [2.24, 2.45) is 0 Å². The molecule has 198 valence electrons. The van der Waals surface area contributed by atoms with E-state index in [1.165, 1.54) is 26.0 Å². The van der Waals surface area contributed by atoms with Gasteiger partial charge in [0.15, 0.2) is 12.4 Å². The number of nitrogens with zero attached hydrogens (tertiary/aromatic N) is 1. The van der Waals surface area contributed by atoms with Gasteiger partial charge in [0.2, 0.25) is 0 Å². The lowest BCUT2D eigenvalue weighted by Crippen LogP contribution is -2.37. The molecule has 1 fully saturated rings. The van der Waals surface area contributed by atoms with E-state index in [1.807, 2.05) is 4.98 Å². The van der Waals surface area contributed by atoms with E-state index in [2.05, 4.69) is 5.09 Å². The number of esters is 1. The molecule has 2 heterocycles. The molecule has 1 unspecified atom stereocenters. The Kier molecular flexibility index (Phi) is 8.85. The Morgan fingerprint density at radius 3 is 2.58 bits per heavy atom. The first-order chi connectivity index (χ1) is 16.9. The summed E-state index contributed by atoms with van der Waals surface area (Å²) in [5.74, 6) is -0.554. The molecule has 1 aliphatic rings. The largest absolute Gasteiger partial charge is 0.462 e. The smallest absolute Gasteiger partial charge is 0.459 e. The summed E-state index contributed by atoms with van der Waals surface area (Å²) in [5.41, 5.74) is -1.43. The Morgan fingerprint density at radius 2 is 1.94 bits per heavy atom. The SMILES string of the molecule is Cc1cn([C@H]2O[C@@H](CO[P@](=O)(N[C@@H](C)C(=O)OC(C)C)Oc3ccccc3)[C@@H](O)C2F)c(=O)[nH]c1=O. The Morgan fingerprint density at radius 1 is 1.28 bits per heavy atom. The van der Waals surface area contributed by atoms with Crippen LogP contribution in [0, 0.1) is 6.92 Å². The van der Waals surface area contributed by atoms with Crippen LogP contribution in [-0.2, 0) is 23.4 Å². The van der Waals surface area contributed by atoms with Gasteiger partial charge in [-0.2, -0.15) is 5.09 Å². The van der Waals surface area contributed by atoms with E-state index in [0.717, 1.165) is 10.8 Å². The highest BCUT2D eigenvalue weighted by Gasteiger charge is 2.47. The zero-order valence-corrected chi connectivity index (χ0v) is 21.0. The van der Waals surface area contributed by atoms with Crippen molar-refractivity contribution in [1.29, 1.82) is 0 Å². The van der Waals surface area contributed by atoms with Crippen molar-refractivity contribution in [2.75, 3.05) is 6.61 Å². The topological polar surface area (TPSA) is 158 Å². The summed E-state index contributed by atoms with van der Waals surface area (Å²) in [6.07, 6.45) is -6.07. The Bertz CT molecular complexity index is 1220. The van der Waals surface area contributed by atoms with Crippen molar-refractivity contribution in [3.8, 4) is 5.75 Å². The maximum Gasteiger partial charge on any atom is 0.459 e. The van der Waals surface area contributed by atoms with Gasteiger partial charge < -0.3 is 19.1 Å². The fourth-order valence-electron chi connectivity index (χ4n) is 3.35. The number of carbonyl (C=O) groups is 1. The lowest BCUT2D eigenvalue weighted by atomic mass is 10.1. The number of halogens is 1. The van der Waals surface area contributed by atoms with Gasteiger partial charge in [-0.3, -0.25) is 23.7 Å². The Hall–Kier alpha value is -2.83. The summed E-state index contributed by atoms with van der Waals surface area (Å²) in [5, 5.41) is 12.8. The molecule has 12 nitrogen and oxygen atoms in total. The highest BCUT2D eigenvalue weighted by atomic mass is 31.2. The van der Waals surface area contributed by atoms with Crippen molar-refractivity contribution in [3.05, 3.63) is 62.9 Å². The molecule has 0 bridgehead atoms. The highest BCUT2D eigenvalue weighted by Crippen LogP contribution is 2.46. The number of rotatable bonds is 10. The minimum absolute atomic E-state index is 0.131. The lowest BCUT2D eigenvalue weighted by Gasteiger charge is -2.25. The second-order valence-electron chi connectivity index (χ2n) is 8.51. The Labute approximate surface area is 205 Å². The molecule has 0 aliphatic carbocycles. The summed E-state index contributed by atoms with van der Waals surface area (Å²) in [6, 6.07) is 6.87. The van der Waals surface area contributed by atoms with Gasteiger partial charge in [-0.1, -0.05) is 18.2 Å². The molecule has 0 amide bonds. The normalized spacial score (nSPS) is 24.3. The van der Waals surface area contributed by atoms with Gasteiger partial charge in [0.05, 0.1) is 12.7 Å². The number of aromatic amines is 1. The number of hydrogen-bond donors (Lipinski definition) is 3. The molecule has 1 aliphatic heterocycles. The number of para-hydroxylation sites is 1. The van der Waals surface area contributed by atoms with Crippen LogP contribution in [-0.4, -0.2) is 57.8 Å². The number of alkyl halides is 1. The van der Waals surface area contributed by atoms with Crippen LogP contribution in [0.1, 0.15) is 32.6 Å². The molecule has 0 spiro atoms. The van der Waals surface area contributed by atoms with Crippen LogP contribution < -0.4 is 20.9 Å². The average molecular weight is 529 g/mol. The maximum atomic E-state index is 14.9. The first-order valence-corrected chi connectivity index (χ1v) is 12.7. The van der Waals surface area contributed by atoms with Crippen LogP contribution in [0.2, 0.25) is 0 Å². The molecule has 3 rings (SSSR count). The number of aromatic nitrogens is 2. The fraction of sp³-hybridized carbons (Fsp3) is 0.500. The van der Waals surface area contributed by atoms with Gasteiger partial charge in [-0.15, -0.1) is 0 Å². The minimum atomic E-state index is -4.29. The molecule has 14 heteroatoms. The van der Waals surface area contributed by atoms with E-state index in [9.17, 15) is 28.4 Å². The molecule has 1 aromatic heterocycles. The number of aryl methyl sites for hydroxylation is 1. The van der Waals surface area contributed by atoms with Gasteiger partial charge in [0, 0.05) is 11.8 Å². The Balaban J connectivity index is 1.77. The highest BCUT2D eigenvalue weighted by molar-refractivity contribution is 7.52. The fourth-order valence-corrected chi connectivity index (χ4v) is 4.85. The van der Waals surface area contributed by atoms with Crippen LogP contribution in [0.3, 0.4) is 0 Å². The summed E-state index contributed by atoms with van der Waals surface area (Å²) in [7, 11) is -4.29. The second-order valence-corrected chi connectivity index (χ2v) is 10.2. The minimum Gasteiger partial charge on any atom is -0.462 e. The van der Waals surface area contributed by atoms with Crippen molar-refractivity contribution in [1.82, 2.24) is 14.6 Å².